The second-order valence-corrected chi connectivity index (χ2v) is 26.0. The predicted octanol–water partition coefficient (Wildman–Crippen LogP) is 7.11. The molecule has 5 heterocycles. The molecule has 0 aromatic rings. The van der Waals surface area contributed by atoms with E-state index in [0.717, 1.165) is 30.4 Å². The third-order valence-electron chi connectivity index (χ3n) is 19.7. The predicted molar refractivity (Wildman–Crippen MR) is 293 cm³/mol. The van der Waals surface area contributed by atoms with Gasteiger partial charge in [0, 0.05) is 68.1 Å². The summed E-state index contributed by atoms with van der Waals surface area (Å²) in [5.41, 5.74) is -2.79. The molecule has 6 fully saturated rings. The first-order valence-corrected chi connectivity index (χ1v) is 29.9. The first kappa shape index (κ1) is 61.2. The van der Waals surface area contributed by atoms with Gasteiger partial charge in [0.1, 0.15) is 23.5 Å². The number of ketones is 1. The molecule has 18 nitrogen and oxygen atoms in total. The molecule has 448 valence electrons. The fourth-order valence-corrected chi connectivity index (χ4v) is 15.9. The van der Waals surface area contributed by atoms with E-state index in [2.05, 4.69) is 57.3 Å². The number of aliphatic hydroxyl groups is 5. The normalized spacial score (nSPS) is 49.0. The van der Waals surface area contributed by atoms with Crippen LogP contribution in [0.15, 0.2) is 58.9 Å². The SMILES string of the molecule is CCCC1C=CC2C=C(C)C(OC3CC(C)(O)C(NC(C)=O)C(C)O3)C(C)C=C(C)C3C=CC4C(OC5CCC(OC6CC(O)C(OC7CC(O)C(O)C(C)O7)C(C)O6)C(C)O5)C(C)CC(C)C4C3(C)C(O)=C3C(=O)OC2(C1)C3=O. The van der Waals surface area contributed by atoms with Gasteiger partial charge in [-0.05, 0) is 97.0 Å². The molecule has 1 saturated carbocycles. The van der Waals surface area contributed by atoms with Crippen LogP contribution in [0.5, 0.6) is 0 Å². The first-order valence-electron chi connectivity index (χ1n) is 29.9. The molecule has 9 rings (SSSR count). The van der Waals surface area contributed by atoms with Crippen LogP contribution in [0.25, 0.3) is 0 Å². The molecule has 5 aliphatic heterocycles. The van der Waals surface area contributed by atoms with Crippen LogP contribution in [-0.4, -0.2) is 153 Å². The quantitative estimate of drug-likeness (QED) is 0.0686. The number of allylic oxidation sites excluding steroid dienone is 4. The number of Topliss-reactive ketones (excluding diaryl/α,β-unsaturated/α-hetero) is 1. The van der Waals surface area contributed by atoms with Crippen molar-refractivity contribution in [1.29, 1.82) is 0 Å². The zero-order valence-corrected chi connectivity index (χ0v) is 49.3. The van der Waals surface area contributed by atoms with E-state index in [1.807, 2.05) is 39.8 Å². The first-order chi connectivity index (χ1) is 37.7. The van der Waals surface area contributed by atoms with E-state index in [1.54, 1.807) is 27.7 Å². The van der Waals surface area contributed by atoms with Gasteiger partial charge in [0.25, 0.3) is 0 Å². The van der Waals surface area contributed by atoms with Crippen LogP contribution in [-0.2, 0) is 57.0 Å². The highest BCUT2D eigenvalue weighted by Gasteiger charge is 2.63. The van der Waals surface area contributed by atoms with Crippen LogP contribution in [0.4, 0.5) is 0 Å². The minimum Gasteiger partial charge on any atom is -0.511 e. The zero-order chi connectivity index (χ0) is 58.1. The molecule has 9 aliphatic rings. The molecule has 6 N–H and O–H groups in total. The highest BCUT2D eigenvalue weighted by molar-refractivity contribution is 6.26. The van der Waals surface area contributed by atoms with Gasteiger partial charge in [0.05, 0.1) is 66.6 Å². The summed E-state index contributed by atoms with van der Waals surface area (Å²) in [6.07, 6.45) is 6.23. The minimum absolute atomic E-state index is 0.00302. The van der Waals surface area contributed by atoms with Crippen LogP contribution in [0.3, 0.4) is 0 Å². The Morgan fingerprint density at radius 1 is 0.725 bits per heavy atom. The topological polar surface area (TPSA) is 247 Å². The maximum Gasteiger partial charge on any atom is 0.346 e. The summed E-state index contributed by atoms with van der Waals surface area (Å²) < 4.78 is 58.2. The summed E-state index contributed by atoms with van der Waals surface area (Å²) in [6, 6.07) is -0.667. The van der Waals surface area contributed by atoms with E-state index < -0.39 is 126 Å². The standard InChI is InChI=1S/C62H93NO17/c1-14-15-39-16-17-40-24-33(6)53(79-49-28-60(12,71)56(37(10)75-49)63-38(11)64)31(4)22-29(2)42-19-18-41-51(61(42,13)57(68)50-58(69)62(40,27-39)80-59(50)70)30(3)23-32(5)54(41)77-46-21-20-45(34(7)72-46)76-47-26-44(66)55(36(9)74-47)78-48-25-43(65)52(67)35(8)73-48/h16-19,22,24,30-32,34-37,39-49,51-56,65-68,71H,14-15,20-21,23,25-28H2,1-13H3,(H,63,64). The lowest BCUT2D eigenvalue weighted by Gasteiger charge is -2.56. The summed E-state index contributed by atoms with van der Waals surface area (Å²) >= 11 is 0. The number of nitrogens with one attached hydrogen (secondary N) is 1. The number of aliphatic hydroxyl groups excluding tert-OH is 4. The van der Waals surface area contributed by atoms with Gasteiger partial charge in [-0.2, -0.15) is 0 Å². The number of rotatable bonds is 11. The molecular formula is C62H93NO17. The summed E-state index contributed by atoms with van der Waals surface area (Å²) in [5.74, 6) is -3.95. The van der Waals surface area contributed by atoms with Crippen molar-refractivity contribution in [3.8, 4) is 0 Å². The highest BCUT2D eigenvalue weighted by atomic mass is 16.7. The average molecular weight is 1120 g/mol. The number of hydrogen-bond acceptors (Lipinski definition) is 17. The van der Waals surface area contributed by atoms with Gasteiger partial charge in [0.15, 0.2) is 30.8 Å². The Morgan fingerprint density at radius 2 is 1.39 bits per heavy atom. The van der Waals surface area contributed by atoms with Crippen molar-refractivity contribution in [2.75, 3.05) is 0 Å². The molecule has 1 amide bonds. The molecular weight excluding hydrogens is 1030 g/mol. The monoisotopic (exact) mass is 1120 g/mol. The van der Waals surface area contributed by atoms with Crippen molar-refractivity contribution in [2.45, 2.75) is 257 Å². The third-order valence-corrected chi connectivity index (χ3v) is 19.7. The van der Waals surface area contributed by atoms with Crippen molar-refractivity contribution < 1.29 is 82.5 Å². The summed E-state index contributed by atoms with van der Waals surface area (Å²) in [7, 11) is 0. The van der Waals surface area contributed by atoms with Crippen molar-refractivity contribution in [3.63, 3.8) is 0 Å². The van der Waals surface area contributed by atoms with Crippen molar-refractivity contribution in [2.24, 2.45) is 52.8 Å². The van der Waals surface area contributed by atoms with Gasteiger partial charge >= 0.3 is 5.97 Å². The Labute approximate surface area is 473 Å². The molecule has 5 saturated heterocycles. The molecule has 0 aromatic carbocycles. The maximum atomic E-state index is 15.6. The Kier molecular flexibility index (Phi) is 18.3. The Hall–Kier alpha value is -3.37. The summed E-state index contributed by atoms with van der Waals surface area (Å²) in [6.45, 7) is 24.8. The largest absolute Gasteiger partial charge is 0.511 e. The van der Waals surface area contributed by atoms with Crippen LogP contribution in [0.2, 0.25) is 0 Å². The highest BCUT2D eigenvalue weighted by Crippen LogP contribution is 2.61. The van der Waals surface area contributed by atoms with Crippen LogP contribution < -0.4 is 5.32 Å². The second kappa shape index (κ2) is 23.9. The molecule has 0 aromatic heterocycles. The molecule has 2 bridgehead atoms. The smallest absolute Gasteiger partial charge is 0.346 e. The summed E-state index contributed by atoms with van der Waals surface area (Å²) in [5, 5.41) is 59.6. The third kappa shape index (κ3) is 11.7. The number of carbonyl (C=O) groups is 3. The lowest BCUT2D eigenvalue weighted by atomic mass is 9.49. The molecule has 0 radical (unpaired) electrons. The Morgan fingerprint density at radius 3 is 2.05 bits per heavy atom. The van der Waals surface area contributed by atoms with Crippen molar-refractivity contribution in [1.82, 2.24) is 5.32 Å². The van der Waals surface area contributed by atoms with E-state index >= 15 is 4.79 Å². The number of amides is 1. The molecule has 4 aliphatic carbocycles. The molecule has 27 unspecified atom stereocenters. The molecule has 27 atom stereocenters. The van der Waals surface area contributed by atoms with Gasteiger partial charge in [-0.3, -0.25) is 9.59 Å². The van der Waals surface area contributed by atoms with Gasteiger partial charge in [0.2, 0.25) is 11.7 Å². The average Bonchev–Trinajstić information content (AvgIpc) is 3.64. The van der Waals surface area contributed by atoms with E-state index in [-0.39, 0.29) is 90.6 Å². The van der Waals surface area contributed by atoms with Gasteiger partial charge in [-0.1, -0.05) is 83.1 Å². The molecule has 80 heavy (non-hydrogen) atoms. The number of carbonyl (C=O) groups excluding carboxylic acids is 3. The second-order valence-electron chi connectivity index (χ2n) is 26.0. The van der Waals surface area contributed by atoms with Gasteiger partial charge in [-0.15, -0.1) is 0 Å². The zero-order valence-electron chi connectivity index (χ0n) is 49.3. The lowest BCUT2D eigenvalue weighted by molar-refractivity contribution is -0.328. The molecule has 1 spiro atoms. The Bertz CT molecular complexity index is 2410. The summed E-state index contributed by atoms with van der Waals surface area (Å²) in [4.78, 5) is 42.5. The fraction of sp³-hybridized carbons (Fsp3) is 0.790. The van der Waals surface area contributed by atoms with E-state index in [4.69, 9.17) is 42.6 Å². The van der Waals surface area contributed by atoms with E-state index in [9.17, 15) is 35.1 Å². The number of hydrogen-bond donors (Lipinski definition) is 6. The van der Waals surface area contributed by atoms with Crippen LogP contribution >= 0.6 is 0 Å². The fourth-order valence-electron chi connectivity index (χ4n) is 15.9. The van der Waals surface area contributed by atoms with Crippen LogP contribution in [0.1, 0.15) is 148 Å². The lowest BCUT2D eigenvalue weighted by Crippen LogP contribution is -2.62. The maximum absolute atomic E-state index is 15.6. The molecule has 18 heteroatoms. The van der Waals surface area contributed by atoms with E-state index in [0.29, 0.717) is 12.8 Å². The number of esters is 1. The van der Waals surface area contributed by atoms with Gasteiger partial charge < -0.3 is 73.5 Å². The number of ether oxygens (including phenoxy) is 9. The van der Waals surface area contributed by atoms with E-state index in [1.165, 1.54) is 6.92 Å². The van der Waals surface area contributed by atoms with Crippen molar-refractivity contribution >= 4 is 17.7 Å². The van der Waals surface area contributed by atoms with Crippen molar-refractivity contribution in [3.05, 3.63) is 58.9 Å². The number of fused-ring (bicyclic) bond motifs is 4. The van der Waals surface area contributed by atoms with Gasteiger partial charge in [-0.25, -0.2) is 4.79 Å². The van der Waals surface area contributed by atoms with Crippen LogP contribution in [0, 0.1) is 52.8 Å². The Balaban J connectivity index is 0.984. The minimum atomic E-state index is -1.62.